The summed E-state index contributed by atoms with van der Waals surface area (Å²) in [4.78, 5) is 0. The lowest BCUT2D eigenvalue weighted by Gasteiger charge is -2.28. The van der Waals surface area contributed by atoms with Gasteiger partial charge in [0.2, 0.25) is 0 Å². The van der Waals surface area contributed by atoms with Crippen LogP contribution >= 0.6 is 0 Å². The van der Waals surface area contributed by atoms with Gasteiger partial charge < -0.3 is 19.5 Å². The third-order valence-electron chi connectivity index (χ3n) is 3.31. The second kappa shape index (κ2) is 4.99. The molecule has 0 aliphatic carbocycles. The van der Waals surface area contributed by atoms with Crippen molar-refractivity contribution in [1.82, 2.24) is 10.6 Å². The Morgan fingerprint density at radius 3 is 1.33 bits per heavy atom. The Hall–Kier alpha value is 0.274. The van der Waals surface area contributed by atoms with Crippen LogP contribution < -0.4 is 10.6 Å². The summed E-state index contributed by atoms with van der Waals surface area (Å²) in [6.45, 7) is 15.4. The third-order valence-corrected chi connectivity index (χ3v) is 5.33. The van der Waals surface area contributed by atoms with Crippen LogP contribution in [0.1, 0.15) is 0 Å². The Kier molecular flexibility index (Phi) is 4.07. The predicted octanol–water partition coefficient (Wildman–Crippen LogP) is 1.37. The van der Waals surface area contributed by atoms with E-state index >= 15 is 0 Å². The summed E-state index contributed by atoms with van der Waals surface area (Å²) in [5, 5.41) is 7.19. The summed E-state index contributed by atoms with van der Waals surface area (Å²) in [6.07, 6.45) is 0.633. The monoisotopic (exact) mass is 288 g/mol. The molecule has 2 fully saturated rings. The molecule has 4 nitrogen and oxygen atoms in total. The molecule has 18 heavy (non-hydrogen) atoms. The number of nitrogens with one attached hydrogen (secondary N) is 2. The number of hydrogen-bond acceptors (Lipinski definition) is 4. The van der Waals surface area contributed by atoms with Gasteiger partial charge in [-0.1, -0.05) is 0 Å². The highest BCUT2D eigenvalue weighted by Gasteiger charge is 2.47. The van der Waals surface area contributed by atoms with E-state index in [9.17, 15) is 0 Å². The Bertz CT molecular complexity index is 271. The Balaban J connectivity index is 1.95. The second-order valence-electron chi connectivity index (χ2n) is 7.41. The van der Waals surface area contributed by atoms with E-state index in [1.165, 1.54) is 0 Å². The maximum Gasteiger partial charge on any atom is 0.184 e. The molecule has 2 aliphatic heterocycles. The molecule has 0 spiro atoms. The van der Waals surface area contributed by atoms with E-state index in [2.05, 4.69) is 49.9 Å². The van der Waals surface area contributed by atoms with E-state index in [0.29, 0.717) is 24.3 Å². The number of hydrogen-bond donors (Lipinski definition) is 2. The van der Waals surface area contributed by atoms with Crippen LogP contribution in [0.3, 0.4) is 0 Å². The summed E-state index contributed by atoms with van der Waals surface area (Å²) >= 11 is 0. The van der Waals surface area contributed by atoms with Crippen LogP contribution in [-0.4, -0.2) is 54.0 Å². The molecule has 2 heterocycles. The van der Waals surface area contributed by atoms with Crippen LogP contribution in [0.25, 0.3) is 0 Å². The summed E-state index contributed by atoms with van der Waals surface area (Å²) in [5.41, 5.74) is 0. The van der Waals surface area contributed by atoms with E-state index in [1.54, 1.807) is 0 Å². The zero-order chi connectivity index (χ0) is 13.6. The summed E-state index contributed by atoms with van der Waals surface area (Å²) in [6, 6.07) is 0.858. The third kappa shape index (κ3) is 3.64. The van der Waals surface area contributed by atoms with Crippen LogP contribution in [0.5, 0.6) is 0 Å². The molecule has 0 unspecified atom stereocenters. The van der Waals surface area contributed by atoms with Crippen LogP contribution in [0.15, 0.2) is 0 Å². The first-order valence-corrected chi connectivity index (χ1v) is 13.8. The van der Waals surface area contributed by atoms with E-state index in [0.717, 1.165) is 13.1 Å². The minimum atomic E-state index is -1.46. The zero-order valence-corrected chi connectivity index (χ0v) is 14.5. The average Bonchev–Trinajstić information content (AvgIpc) is 2.66. The zero-order valence-electron chi connectivity index (χ0n) is 12.5. The molecule has 106 valence electrons. The van der Waals surface area contributed by atoms with Gasteiger partial charge in [0.05, 0.1) is 24.3 Å². The minimum Gasteiger partial charge on any atom is -0.412 e. The molecule has 0 amide bonds. The van der Waals surface area contributed by atoms with Crippen molar-refractivity contribution in [2.45, 2.75) is 63.6 Å². The van der Waals surface area contributed by atoms with Gasteiger partial charge in [-0.2, -0.15) is 0 Å². The number of rotatable bonds is 4. The highest BCUT2D eigenvalue weighted by Crippen LogP contribution is 2.25. The maximum absolute atomic E-state index is 6.26. The van der Waals surface area contributed by atoms with Gasteiger partial charge in [-0.25, -0.2) is 0 Å². The lowest BCUT2D eigenvalue weighted by Crippen LogP contribution is -2.45. The van der Waals surface area contributed by atoms with E-state index in [4.69, 9.17) is 8.85 Å². The fourth-order valence-corrected chi connectivity index (χ4v) is 5.15. The molecule has 0 bridgehead atoms. The first-order valence-electron chi connectivity index (χ1n) is 6.98. The molecule has 2 N–H and O–H groups in total. The molecular formula is C12H28N2O2Si2. The molecule has 0 saturated carbocycles. The minimum absolute atomic E-state index is 0.317. The Labute approximate surface area is 113 Å². The second-order valence-corrected chi connectivity index (χ2v) is 16.3. The van der Waals surface area contributed by atoms with Crippen molar-refractivity contribution in [3.05, 3.63) is 0 Å². The van der Waals surface area contributed by atoms with Gasteiger partial charge in [0, 0.05) is 13.1 Å². The van der Waals surface area contributed by atoms with Crippen molar-refractivity contribution in [3.63, 3.8) is 0 Å². The molecule has 2 saturated heterocycles. The van der Waals surface area contributed by atoms with Crippen molar-refractivity contribution in [1.29, 1.82) is 0 Å². The molecule has 0 aromatic carbocycles. The van der Waals surface area contributed by atoms with Crippen LogP contribution in [0, 0.1) is 0 Å². The normalized spacial score (nSPS) is 37.0. The first-order chi connectivity index (χ1) is 8.16. The smallest absolute Gasteiger partial charge is 0.184 e. The maximum atomic E-state index is 6.26. The van der Waals surface area contributed by atoms with Crippen LogP contribution in [-0.2, 0) is 8.85 Å². The molecule has 2 aliphatic rings. The van der Waals surface area contributed by atoms with Gasteiger partial charge >= 0.3 is 0 Å². The molecule has 2 rings (SSSR count). The quantitative estimate of drug-likeness (QED) is 0.767. The molecule has 4 atom stereocenters. The molecule has 0 radical (unpaired) electrons. The van der Waals surface area contributed by atoms with Gasteiger partial charge in [-0.05, 0) is 39.3 Å². The Morgan fingerprint density at radius 1 is 0.722 bits per heavy atom. The topological polar surface area (TPSA) is 42.5 Å². The van der Waals surface area contributed by atoms with Crippen LogP contribution in [0.4, 0.5) is 0 Å². The van der Waals surface area contributed by atoms with Gasteiger partial charge in [-0.15, -0.1) is 0 Å². The van der Waals surface area contributed by atoms with Crippen molar-refractivity contribution in [2.24, 2.45) is 0 Å². The molecule has 0 aromatic heterocycles. The first kappa shape index (κ1) is 14.7. The van der Waals surface area contributed by atoms with Gasteiger partial charge in [-0.3, -0.25) is 0 Å². The van der Waals surface area contributed by atoms with Crippen molar-refractivity contribution in [2.75, 3.05) is 13.1 Å². The Morgan fingerprint density at radius 2 is 1.06 bits per heavy atom. The average molecular weight is 289 g/mol. The summed E-state index contributed by atoms with van der Waals surface area (Å²) in [5.74, 6) is 0. The van der Waals surface area contributed by atoms with Crippen molar-refractivity contribution < 1.29 is 8.85 Å². The van der Waals surface area contributed by atoms with Gasteiger partial charge in [0.25, 0.3) is 0 Å². The lowest BCUT2D eigenvalue weighted by atomic mass is 10.1. The summed E-state index contributed by atoms with van der Waals surface area (Å²) in [7, 11) is -2.93. The summed E-state index contributed by atoms with van der Waals surface area (Å²) < 4.78 is 12.5. The van der Waals surface area contributed by atoms with E-state index < -0.39 is 16.6 Å². The lowest BCUT2D eigenvalue weighted by molar-refractivity contribution is 0.174. The van der Waals surface area contributed by atoms with E-state index in [1.807, 2.05) is 0 Å². The van der Waals surface area contributed by atoms with Crippen molar-refractivity contribution in [3.8, 4) is 0 Å². The van der Waals surface area contributed by atoms with E-state index in [-0.39, 0.29) is 0 Å². The number of fused-ring (bicyclic) bond motifs is 1. The highest BCUT2D eigenvalue weighted by atomic mass is 28.4. The largest absolute Gasteiger partial charge is 0.412 e. The highest BCUT2D eigenvalue weighted by molar-refractivity contribution is 6.70. The SMILES string of the molecule is C[Si](C)(C)O[C@H]1CN[C@H]2[C@@H]1NC[C@H]2O[Si](C)(C)C. The van der Waals surface area contributed by atoms with Gasteiger partial charge in [0.1, 0.15) is 0 Å². The predicted molar refractivity (Wildman–Crippen MR) is 80.0 cm³/mol. The van der Waals surface area contributed by atoms with Crippen LogP contribution in [0.2, 0.25) is 39.3 Å². The van der Waals surface area contributed by atoms with Crippen molar-refractivity contribution >= 4 is 16.6 Å². The molecule has 6 heteroatoms. The fraction of sp³-hybridized carbons (Fsp3) is 1.00. The molecule has 0 aromatic rings. The fourth-order valence-electron chi connectivity index (χ4n) is 2.88. The van der Waals surface area contributed by atoms with Gasteiger partial charge in [0.15, 0.2) is 16.6 Å². The standard InChI is InChI=1S/C12H28N2O2Si2/c1-17(2,3)15-9-7-13-12-10(8-14-11(9)12)16-18(4,5)6/h9-14H,7-8H2,1-6H3/t9-,10+,11-,12-/m1/s1. The molecular weight excluding hydrogens is 260 g/mol.